The number of phenolic OH excluding ortho intramolecular Hbond substituents is 2. The van der Waals surface area contributed by atoms with E-state index in [-0.39, 0.29) is 58.7 Å². The van der Waals surface area contributed by atoms with Crippen LogP contribution in [0.25, 0.3) is 5.57 Å². The summed E-state index contributed by atoms with van der Waals surface area (Å²) in [6.07, 6.45) is 12.1. The summed E-state index contributed by atoms with van der Waals surface area (Å²) in [4.78, 5) is 48.3. The van der Waals surface area contributed by atoms with E-state index in [0.29, 0.717) is 52.9 Å². The number of allylic oxidation sites excluding steroid dienone is 6. The third kappa shape index (κ3) is 4.70. The summed E-state index contributed by atoms with van der Waals surface area (Å²) in [7, 11) is 0. The summed E-state index contributed by atoms with van der Waals surface area (Å²) in [5, 5.41) is 40.1. The first-order chi connectivity index (χ1) is 23.5. The van der Waals surface area contributed by atoms with Crippen molar-refractivity contribution in [1.82, 2.24) is 0 Å². The molecule has 8 rings (SSSR count). The lowest BCUT2D eigenvalue weighted by atomic mass is 9.47. The van der Waals surface area contributed by atoms with Gasteiger partial charge in [0, 0.05) is 36.3 Å². The number of carbonyl (C=O) groups is 4. The Balaban J connectivity index is 0.000000161. The molecule has 7 atom stereocenters. The van der Waals surface area contributed by atoms with Gasteiger partial charge in [-0.2, -0.15) is 0 Å². The highest BCUT2D eigenvalue weighted by Gasteiger charge is 2.67. The molecular weight excluding hydrogens is 640 g/mol. The van der Waals surface area contributed by atoms with Gasteiger partial charge in [0.25, 0.3) is 0 Å². The summed E-state index contributed by atoms with van der Waals surface area (Å²) in [5.41, 5.74) is 1.95. The van der Waals surface area contributed by atoms with Crippen LogP contribution >= 0.6 is 0 Å². The topological polar surface area (TPSA) is 168 Å². The lowest BCUT2D eigenvalue weighted by Crippen LogP contribution is -2.58. The van der Waals surface area contributed by atoms with E-state index in [1.54, 1.807) is 6.92 Å². The second kappa shape index (κ2) is 11.3. The van der Waals surface area contributed by atoms with Gasteiger partial charge in [-0.3, -0.25) is 19.2 Å². The number of Topliss-reactive ketones (excluding diaryl/α,β-unsaturated/α-hetero) is 1. The Morgan fingerprint density at radius 1 is 0.960 bits per heavy atom. The molecule has 10 nitrogen and oxygen atoms in total. The van der Waals surface area contributed by atoms with Crippen molar-refractivity contribution in [2.75, 3.05) is 6.61 Å². The zero-order valence-corrected chi connectivity index (χ0v) is 29.1. The highest BCUT2D eigenvalue weighted by Crippen LogP contribution is 2.68. The average molecular weight is 685 g/mol. The third-order valence-electron chi connectivity index (χ3n) is 13.1. The molecule has 6 aliphatic carbocycles. The van der Waals surface area contributed by atoms with Crippen LogP contribution in [-0.4, -0.2) is 61.6 Å². The lowest BCUT2D eigenvalue weighted by molar-refractivity contribution is -0.185. The zero-order valence-electron chi connectivity index (χ0n) is 29.1. The minimum atomic E-state index is -1.33. The second-order valence-corrected chi connectivity index (χ2v) is 15.7. The third-order valence-corrected chi connectivity index (χ3v) is 13.1. The first kappa shape index (κ1) is 34.0. The van der Waals surface area contributed by atoms with Crippen molar-refractivity contribution < 1.29 is 49.1 Å². The monoisotopic (exact) mass is 684 g/mol. The highest BCUT2D eigenvalue weighted by atomic mass is 16.6. The van der Waals surface area contributed by atoms with E-state index >= 15 is 0 Å². The van der Waals surface area contributed by atoms with E-state index < -0.39 is 22.7 Å². The maximum Gasteiger partial charge on any atom is 0.303 e. The first-order valence-corrected chi connectivity index (χ1v) is 17.4. The Kier molecular flexibility index (Phi) is 7.68. The van der Waals surface area contributed by atoms with Crippen molar-refractivity contribution in [3.63, 3.8) is 0 Å². The summed E-state index contributed by atoms with van der Waals surface area (Å²) in [5.74, 6) is -0.553. The van der Waals surface area contributed by atoms with Crippen molar-refractivity contribution in [1.29, 1.82) is 0 Å². The highest BCUT2D eigenvalue weighted by molar-refractivity contribution is 6.06. The Bertz CT molecular complexity index is 1930. The van der Waals surface area contributed by atoms with Gasteiger partial charge >= 0.3 is 5.97 Å². The van der Waals surface area contributed by atoms with Crippen LogP contribution in [0.3, 0.4) is 0 Å². The van der Waals surface area contributed by atoms with E-state index in [1.807, 2.05) is 6.08 Å². The van der Waals surface area contributed by atoms with E-state index in [2.05, 4.69) is 26.8 Å². The number of rotatable bonds is 2. The Morgan fingerprint density at radius 3 is 2.36 bits per heavy atom. The van der Waals surface area contributed by atoms with Crippen molar-refractivity contribution in [3.05, 3.63) is 75.8 Å². The number of aliphatic hydroxyl groups excluding tert-OH is 1. The number of ether oxygens (including phenoxy) is 2. The summed E-state index contributed by atoms with van der Waals surface area (Å²) in [6.45, 7) is 9.51. The maximum atomic E-state index is 12.8. The normalized spacial score (nSPS) is 36.3. The van der Waals surface area contributed by atoms with Crippen LogP contribution in [0, 0.1) is 28.6 Å². The maximum absolute atomic E-state index is 12.8. The van der Waals surface area contributed by atoms with Crippen LogP contribution in [-0.2, 0) is 35.1 Å². The molecule has 1 aromatic carbocycles. The molecule has 1 aromatic rings. The molecule has 0 amide bonds. The Hall–Kier alpha value is -4.44. The van der Waals surface area contributed by atoms with E-state index in [0.717, 1.165) is 25.7 Å². The van der Waals surface area contributed by atoms with Gasteiger partial charge in [0.1, 0.15) is 12.2 Å². The van der Waals surface area contributed by atoms with Crippen LogP contribution in [0.1, 0.15) is 84.3 Å². The summed E-state index contributed by atoms with van der Waals surface area (Å²) < 4.78 is 11.2. The molecule has 4 N–H and O–H groups in total. The fourth-order valence-electron chi connectivity index (χ4n) is 10.7. The molecule has 2 fully saturated rings. The standard InChI is InChI=1S/C24H32O4.C16H12O6/c1-14-12-18-19(22(4)9-6-17(27)13-21(14)22)7-10-23(5)20(18)8-11-24(23,15(2)25)28-16(3)26;17-10-2-1-8-13-9-4-12(19)11(18)3-7(9)5-16(13,21)6-22-15(8)14(10)20/h12-13,18-20H,6-11H2,1-5H3;1-4,18-21H,5-6H2. The molecule has 7 aliphatic rings. The fraction of sp³-hybridized carbons (Fsp3) is 0.500. The quantitative estimate of drug-likeness (QED) is 0.226. The summed E-state index contributed by atoms with van der Waals surface area (Å²) in [6, 6.07) is 2.77. The number of hydrogen-bond acceptors (Lipinski definition) is 10. The number of aromatic hydroxyl groups is 2. The smallest absolute Gasteiger partial charge is 0.303 e. The summed E-state index contributed by atoms with van der Waals surface area (Å²) >= 11 is 0. The second-order valence-electron chi connectivity index (χ2n) is 15.7. The number of ketones is 3. The SMILES string of the molecule is CC(=O)OC1(C(C)=O)CCC2C3C=C(C)C4=CC(=O)CCC4(C)C3CCC21C.O=C1C=CC2=C3c4cc(O)c(O)cc4CC3(O)COC2=C1O. The molecule has 0 saturated heterocycles. The minimum absolute atomic E-state index is 0.0160. The molecule has 0 spiro atoms. The van der Waals surface area contributed by atoms with Crippen molar-refractivity contribution >= 4 is 28.9 Å². The number of carbonyl (C=O) groups excluding carboxylic acids is 4. The molecule has 2 saturated carbocycles. The molecule has 1 heterocycles. The van der Waals surface area contributed by atoms with Gasteiger partial charge < -0.3 is 29.9 Å². The molecule has 50 heavy (non-hydrogen) atoms. The molecular formula is C40H44O10. The molecule has 0 bridgehead atoms. The lowest BCUT2D eigenvalue weighted by Gasteiger charge is -2.58. The zero-order chi connectivity index (χ0) is 36.1. The Labute approximate surface area is 290 Å². The van der Waals surface area contributed by atoms with E-state index in [1.165, 1.54) is 42.4 Å². The van der Waals surface area contributed by atoms with Crippen molar-refractivity contribution in [2.45, 2.75) is 90.8 Å². The average Bonchev–Trinajstić information content (AvgIpc) is 3.51. The fourth-order valence-corrected chi connectivity index (χ4v) is 10.7. The van der Waals surface area contributed by atoms with E-state index in [9.17, 15) is 39.6 Å². The van der Waals surface area contributed by atoms with Crippen LogP contribution < -0.4 is 0 Å². The van der Waals surface area contributed by atoms with Crippen LogP contribution in [0.5, 0.6) is 11.5 Å². The van der Waals surface area contributed by atoms with Crippen molar-refractivity contribution in [2.24, 2.45) is 28.6 Å². The number of aliphatic hydroxyl groups is 2. The minimum Gasteiger partial charge on any atom is -0.504 e. The predicted octanol–water partition coefficient (Wildman–Crippen LogP) is 5.65. The molecule has 0 aromatic heterocycles. The van der Waals surface area contributed by atoms with Crippen LogP contribution in [0.2, 0.25) is 0 Å². The predicted molar refractivity (Wildman–Crippen MR) is 182 cm³/mol. The number of fused-ring (bicyclic) bond motifs is 9. The van der Waals surface area contributed by atoms with Gasteiger partial charge in [-0.1, -0.05) is 25.5 Å². The van der Waals surface area contributed by atoms with Crippen LogP contribution in [0.4, 0.5) is 0 Å². The molecule has 264 valence electrons. The van der Waals surface area contributed by atoms with Gasteiger partial charge in [0.15, 0.2) is 34.4 Å². The van der Waals surface area contributed by atoms with E-state index in [4.69, 9.17) is 9.47 Å². The molecule has 7 unspecified atom stereocenters. The number of benzene rings is 1. The number of phenols is 2. The largest absolute Gasteiger partial charge is 0.504 e. The van der Waals surface area contributed by atoms with Gasteiger partial charge in [-0.15, -0.1) is 0 Å². The number of esters is 1. The number of hydrogen-bond donors (Lipinski definition) is 4. The molecule has 1 aliphatic heterocycles. The van der Waals surface area contributed by atoms with Gasteiger partial charge in [-0.25, -0.2) is 0 Å². The Morgan fingerprint density at radius 2 is 1.66 bits per heavy atom. The van der Waals surface area contributed by atoms with Gasteiger partial charge in [-0.05, 0) is 116 Å². The first-order valence-electron chi connectivity index (χ1n) is 17.4. The molecule has 10 heteroatoms. The van der Waals surface area contributed by atoms with Crippen molar-refractivity contribution in [3.8, 4) is 11.5 Å². The van der Waals surface area contributed by atoms with Crippen LogP contribution in [0.15, 0.2) is 64.7 Å². The van der Waals surface area contributed by atoms with Gasteiger partial charge in [0.05, 0.1) is 0 Å². The molecule has 0 radical (unpaired) electrons. The van der Waals surface area contributed by atoms with Gasteiger partial charge in [0.2, 0.25) is 11.5 Å².